The number of nitrogens with zero attached hydrogens (tertiary/aromatic N) is 3. The lowest BCUT2D eigenvalue weighted by molar-refractivity contribution is 0.549. The van der Waals surface area contributed by atoms with Crippen LogP contribution in [0, 0.1) is 0 Å². The maximum Gasteiger partial charge on any atom is 0.153 e. The van der Waals surface area contributed by atoms with Gasteiger partial charge in [0.25, 0.3) is 0 Å². The van der Waals surface area contributed by atoms with Gasteiger partial charge in [-0.15, -0.1) is 5.10 Å². The van der Waals surface area contributed by atoms with Crippen LogP contribution in [0.4, 0.5) is 0 Å². The average Bonchev–Trinajstić information content (AvgIpc) is 2.61. The summed E-state index contributed by atoms with van der Waals surface area (Å²) in [7, 11) is 1.87. The minimum Gasteiger partial charge on any atom is -0.271 e. The fourth-order valence-corrected chi connectivity index (χ4v) is 2.91. The van der Waals surface area contributed by atoms with E-state index in [9.17, 15) is 0 Å². The van der Waals surface area contributed by atoms with Gasteiger partial charge in [0, 0.05) is 18.1 Å². The van der Waals surface area contributed by atoms with Crippen LogP contribution in [-0.4, -0.2) is 26.0 Å². The van der Waals surface area contributed by atoms with Crippen molar-refractivity contribution in [2.45, 2.75) is 31.6 Å². The second-order valence-electron chi connectivity index (χ2n) is 3.66. The van der Waals surface area contributed by atoms with Crippen LogP contribution in [-0.2, 0) is 7.05 Å². The highest BCUT2D eigenvalue weighted by molar-refractivity contribution is 9.10. The normalized spacial score (nSPS) is 15.1. The molecular weight excluding hydrogens is 290 g/mol. The van der Waals surface area contributed by atoms with E-state index < -0.39 is 0 Å². The van der Waals surface area contributed by atoms with Crippen LogP contribution in [0.3, 0.4) is 0 Å². The molecule has 0 radical (unpaired) electrons. The average molecular weight is 308 g/mol. The molecule has 5 nitrogen and oxygen atoms in total. The number of rotatable bonds is 6. The minimum atomic E-state index is 0.0633. The molecule has 0 fully saturated rings. The van der Waals surface area contributed by atoms with Gasteiger partial charge in [-0.05, 0) is 22.4 Å². The summed E-state index contributed by atoms with van der Waals surface area (Å²) in [6.07, 6.45) is 1.16. The van der Waals surface area contributed by atoms with Gasteiger partial charge in [-0.3, -0.25) is 11.3 Å². The lowest BCUT2D eigenvalue weighted by Crippen LogP contribution is -2.31. The molecule has 1 heterocycles. The SMILES string of the molecule is CCC(C)SCC(NN)c1c(Br)nnn1C. The second-order valence-corrected chi connectivity index (χ2v) is 5.88. The smallest absolute Gasteiger partial charge is 0.153 e. The predicted molar refractivity (Wildman–Crippen MR) is 71.0 cm³/mol. The first-order chi connectivity index (χ1) is 7.60. The van der Waals surface area contributed by atoms with Crippen LogP contribution in [0.15, 0.2) is 4.60 Å². The van der Waals surface area contributed by atoms with E-state index in [2.05, 4.69) is 45.5 Å². The van der Waals surface area contributed by atoms with Gasteiger partial charge in [0.2, 0.25) is 0 Å². The molecule has 3 N–H and O–H groups in total. The molecule has 0 saturated heterocycles. The quantitative estimate of drug-likeness (QED) is 0.617. The fourth-order valence-electron chi connectivity index (χ4n) is 1.29. The Hall–Kier alpha value is -0.110. The molecule has 2 atom stereocenters. The summed E-state index contributed by atoms with van der Waals surface area (Å²) >= 11 is 5.28. The van der Waals surface area contributed by atoms with Crippen molar-refractivity contribution in [3.05, 3.63) is 10.3 Å². The van der Waals surface area contributed by atoms with Crippen LogP contribution in [0.5, 0.6) is 0 Å². The van der Waals surface area contributed by atoms with Crippen molar-refractivity contribution in [3.8, 4) is 0 Å². The molecule has 0 spiro atoms. The van der Waals surface area contributed by atoms with Crippen molar-refractivity contribution in [1.29, 1.82) is 0 Å². The first kappa shape index (κ1) is 14.0. The first-order valence-corrected chi connectivity index (χ1v) is 7.07. The van der Waals surface area contributed by atoms with Crippen LogP contribution >= 0.6 is 27.7 Å². The van der Waals surface area contributed by atoms with E-state index in [4.69, 9.17) is 5.84 Å². The van der Waals surface area contributed by atoms with E-state index in [1.54, 1.807) is 4.68 Å². The molecule has 0 aromatic carbocycles. The maximum absolute atomic E-state index is 5.58. The summed E-state index contributed by atoms with van der Waals surface area (Å²) in [4.78, 5) is 0. The molecule has 0 aliphatic carbocycles. The van der Waals surface area contributed by atoms with Crippen molar-refractivity contribution in [3.63, 3.8) is 0 Å². The maximum atomic E-state index is 5.58. The fraction of sp³-hybridized carbons (Fsp3) is 0.778. The molecule has 0 bridgehead atoms. The Kier molecular flexibility index (Phi) is 5.74. The summed E-state index contributed by atoms with van der Waals surface area (Å²) in [5, 5.41) is 8.54. The van der Waals surface area contributed by atoms with Crippen molar-refractivity contribution >= 4 is 27.7 Å². The van der Waals surface area contributed by atoms with E-state index in [-0.39, 0.29) is 6.04 Å². The highest BCUT2D eigenvalue weighted by Gasteiger charge is 2.19. The highest BCUT2D eigenvalue weighted by Crippen LogP contribution is 2.25. The highest BCUT2D eigenvalue weighted by atomic mass is 79.9. The Morgan fingerprint density at radius 1 is 1.62 bits per heavy atom. The summed E-state index contributed by atoms with van der Waals surface area (Å²) in [6.45, 7) is 4.40. The molecule has 0 aliphatic rings. The van der Waals surface area contributed by atoms with Crippen molar-refractivity contribution in [1.82, 2.24) is 20.4 Å². The lowest BCUT2D eigenvalue weighted by atomic mass is 10.3. The Bertz CT molecular complexity index is 310. The van der Waals surface area contributed by atoms with Gasteiger partial charge in [-0.25, -0.2) is 4.68 Å². The van der Waals surface area contributed by atoms with Crippen LogP contribution in [0.2, 0.25) is 0 Å². The number of aromatic nitrogens is 3. The van der Waals surface area contributed by atoms with E-state index in [0.29, 0.717) is 5.25 Å². The predicted octanol–water partition coefficient (Wildman–Crippen LogP) is 1.61. The number of nitrogens with two attached hydrogens (primary N) is 1. The van der Waals surface area contributed by atoms with Gasteiger partial charge >= 0.3 is 0 Å². The molecule has 92 valence electrons. The third-order valence-electron chi connectivity index (χ3n) is 2.48. The standard InChI is InChI=1S/C9H18BrN5S/c1-4-6(2)16-5-7(12-11)8-9(10)13-14-15(8)3/h6-7,12H,4-5,11H2,1-3H3. The third-order valence-corrected chi connectivity index (χ3v) is 4.47. The topological polar surface area (TPSA) is 68.8 Å². The summed E-state index contributed by atoms with van der Waals surface area (Å²) < 4.78 is 2.49. The minimum absolute atomic E-state index is 0.0633. The molecular formula is C9H18BrN5S. The number of thioether (sulfide) groups is 1. The monoisotopic (exact) mass is 307 g/mol. The van der Waals surface area contributed by atoms with Gasteiger partial charge < -0.3 is 0 Å². The Morgan fingerprint density at radius 3 is 2.75 bits per heavy atom. The molecule has 0 aliphatic heterocycles. The number of hydrogen-bond donors (Lipinski definition) is 2. The summed E-state index contributed by atoms with van der Waals surface area (Å²) in [6, 6.07) is 0.0633. The van der Waals surface area contributed by atoms with Crippen LogP contribution < -0.4 is 11.3 Å². The Morgan fingerprint density at radius 2 is 2.31 bits per heavy atom. The largest absolute Gasteiger partial charge is 0.271 e. The van der Waals surface area contributed by atoms with Gasteiger partial charge in [-0.2, -0.15) is 11.8 Å². The number of aryl methyl sites for hydroxylation is 1. The molecule has 1 aromatic heterocycles. The zero-order chi connectivity index (χ0) is 12.1. The summed E-state index contributed by atoms with van der Waals surface area (Å²) in [5.74, 6) is 6.48. The van der Waals surface area contributed by atoms with Crippen molar-refractivity contribution < 1.29 is 0 Å². The lowest BCUT2D eigenvalue weighted by Gasteiger charge is -2.17. The van der Waals surface area contributed by atoms with Crippen LogP contribution in [0.1, 0.15) is 32.0 Å². The zero-order valence-electron chi connectivity index (χ0n) is 9.77. The number of hydrazine groups is 1. The molecule has 16 heavy (non-hydrogen) atoms. The number of hydrogen-bond acceptors (Lipinski definition) is 5. The summed E-state index contributed by atoms with van der Waals surface area (Å²) in [5.41, 5.74) is 3.80. The Labute approximate surface area is 109 Å². The zero-order valence-corrected chi connectivity index (χ0v) is 12.2. The number of nitrogens with one attached hydrogen (secondary N) is 1. The molecule has 1 aromatic rings. The molecule has 0 saturated carbocycles. The molecule has 7 heteroatoms. The van der Waals surface area contributed by atoms with E-state index in [0.717, 1.165) is 22.5 Å². The van der Waals surface area contributed by atoms with E-state index in [1.165, 1.54) is 0 Å². The second kappa shape index (κ2) is 6.58. The number of halogens is 1. The first-order valence-electron chi connectivity index (χ1n) is 5.22. The third kappa shape index (κ3) is 3.44. The van der Waals surface area contributed by atoms with Gasteiger partial charge in [-0.1, -0.05) is 19.1 Å². The van der Waals surface area contributed by atoms with Crippen molar-refractivity contribution in [2.75, 3.05) is 5.75 Å². The van der Waals surface area contributed by atoms with E-state index in [1.807, 2.05) is 18.8 Å². The van der Waals surface area contributed by atoms with Gasteiger partial charge in [0.05, 0.1) is 11.7 Å². The van der Waals surface area contributed by atoms with Crippen molar-refractivity contribution in [2.24, 2.45) is 12.9 Å². The molecule has 2 unspecified atom stereocenters. The van der Waals surface area contributed by atoms with Gasteiger partial charge in [0.1, 0.15) is 0 Å². The molecule has 1 rings (SSSR count). The van der Waals surface area contributed by atoms with E-state index >= 15 is 0 Å². The molecule has 0 amide bonds. The Balaban J connectivity index is 2.67. The van der Waals surface area contributed by atoms with Gasteiger partial charge in [0.15, 0.2) is 4.60 Å². The van der Waals surface area contributed by atoms with Crippen LogP contribution in [0.25, 0.3) is 0 Å².